The number of carbonyl (C=O) groups is 1. The third kappa shape index (κ3) is 6.14. The average molecular weight is 578 g/mol. The molecule has 0 bridgehead atoms. The number of carbonyl (C=O) groups excluding carboxylic acids is 1. The number of amides is 1. The van der Waals surface area contributed by atoms with E-state index in [9.17, 15) is 9.18 Å². The van der Waals surface area contributed by atoms with E-state index in [-0.39, 0.29) is 11.7 Å². The summed E-state index contributed by atoms with van der Waals surface area (Å²) in [4.78, 5) is 15.6. The van der Waals surface area contributed by atoms with Crippen LogP contribution in [0.4, 0.5) is 4.39 Å². The molecule has 1 aliphatic rings. The van der Waals surface area contributed by atoms with E-state index in [1.54, 1.807) is 21.7 Å². The Morgan fingerprint density at radius 1 is 0.878 bits per heavy atom. The molecule has 202 valence electrons. The number of halogens is 1. The fourth-order valence-corrected chi connectivity index (χ4v) is 5.70. The topological polar surface area (TPSA) is 47.4 Å². The molecule has 0 radical (unpaired) electrons. The van der Waals surface area contributed by atoms with Gasteiger partial charge in [-0.1, -0.05) is 96.8 Å². The molecule has 1 saturated heterocycles. The SMILES string of the molecule is O=C1C(=Cc2cn(-c3ccccc3)nc2-c2cccc(OCc3ccc(F)cc3)c2)SC(=S)N1Cc1ccccc1. The predicted molar refractivity (Wildman–Crippen MR) is 165 cm³/mol. The summed E-state index contributed by atoms with van der Waals surface area (Å²) >= 11 is 6.88. The number of aromatic nitrogens is 2. The van der Waals surface area contributed by atoms with Crippen LogP contribution in [0.5, 0.6) is 5.75 Å². The molecule has 6 rings (SSSR count). The predicted octanol–water partition coefficient (Wildman–Crippen LogP) is 7.66. The second-order valence-corrected chi connectivity index (χ2v) is 11.1. The van der Waals surface area contributed by atoms with Gasteiger partial charge in [-0.15, -0.1) is 0 Å². The van der Waals surface area contributed by atoms with Crippen molar-refractivity contribution in [1.82, 2.24) is 14.7 Å². The van der Waals surface area contributed by atoms with Crippen molar-refractivity contribution in [1.29, 1.82) is 0 Å². The van der Waals surface area contributed by atoms with Crippen LogP contribution < -0.4 is 4.74 Å². The largest absolute Gasteiger partial charge is 0.489 e. The van der Waals surface area contributed by atoms with Crippen molar-refractivity contribution >= 4 is 40.3 Å². The van der Waals surface area contributed by atoms with Gasteiger partial charge in [-0.3, -0.25) is 9.69 Å². The van der Waals surface area contributed by atoms with Crippen molar-refractivity contribution in [3.63, 3.8) is 0 Å². The first-order valence-electron chi connectivity index (χ1n) is 13.0. The number of ether oxygens (including phenoxy) is 1. The van der Waals surface area contributed by atoms with E-state index in [1.165, 1.54) is 23.9 Å². The zero-order valence-corrected chi connectivity index (χ0v) is 23.4. The summed E-state index contributed by atoms with van der Waals surface area (Å²) in [5.41, 5.74) is 5.10. The Balaban J connectivity index is 1.32. The summed E-state index contributed by atoms with van der Waals surface area (Å²) in [6, 6.07) is 33.5. The first-order valence-corrected chi connectivity index (χ1v) is 14.2. The zero-order chi connectivity index (χ0) is 28.2. The molecule has 5 nitrogen and oxygen atoms in total. The van der Waals surface area contributed by atoms with Gasteiger partial charge in [-0.25, -0.2) is 9.07 Å². The van der Waals surface area contributed by atoms with Gasteiger partial charge in [0.15, 0.2) is 0 Å². The van der Waals surface area contributed by atoms with Gasteiger partial charge in [0.25, 0.3) is 5.91 Å². The Hall–Kier alpha value is -4.53. The molecule has 1 aromatic heterocycles. The summed E-state index contributed by atoms with van der Waals surface area (Å²) in [7, 11) is 0. The summed E-state index contributed by atoms with van der Waals surface area (Å²) in [6.45, 7) is 0.728. The number of nitrogens with zero attached hydrogens (tertiary/aromatic N) is 3. The highest BCUT2D eigenvalue weighted by atomic mass is 32.2. The maximum atomic E-state index is 13.4. The minimum Gasteiger partial charge on any atom is -0.489 e. The lowest BCUT2D eigenvalue weighted by Gasteiger charge is -2.14. The molecule has 4 aromatic carbocycles. The van der Waals surface area contributed by atoms with Gasteiger partial charge >= 0.3 is 0 Å². The number of hydrogen-bond acceptors (Lipinski definition) is 5. The van der Waals surface area contributed by atoms with Gasteiger partial charge in [0.2, 0.25) is 0 Å². The number of para-hydroxylation sites is 1. The Morgan fingerprint density at radius 3 is 2.37 bits per heavy atom. The van der Waals surface area contributed by atoms with Gasteiger partial charge in [-0.05, 0) is 53.6 Å². The van der Waals surface area contributed by atoms with Crippen molar-refractivity contribution in [2.75, 3.05) is 0 Å². The lowest BCUT2D eigenvalue weighted by molar-refractivity contribution is -0.122. The summed E-state index contributed by atoms with van der Waals surface area (Å²) < 4.78 is 21.6. The molecule has 1 aliphatic heterocycles. The van der Waals surface area contributed by atoms with E-state index >= 15 is 0 Å². The third-order valence-corrected chi connectivity index (χ3v) is 7.91. The fourth-order valence-electron chi connectivity index (χ4n) is 4.45. The minimum atomic E-state index is -0.283. The highest BCUT2D eigenvalue weighted by Gasteiger charge is 2.32. The van der Waals surface area contributed by atoms with Crippen LogP contribution in [0, 0.1) is 5.82 Å². The molecule has 0 aliphatic carbocycles. The maximum absolute atomic E-state index is 13.4. The van der Waals surface area contributed by atoms with Crippen LogP contribution in [0.3, 0.4) is 0 Å². The van der Waals surface area contributed by atoms with Crippen LogP contribution in [0.1, 0.15) is 16.7 Å². The van der Waals surface area contributed by atoms with Crippen LogP contribution in [-0.4, -0.2) is 24.9 Å². The van der Waals surface area contributed by atoms with Crippen LogP contribution in [-0.2, 0) is 17.9 Å². The fraction of sp³-hybridized carbons (Fsp3) is 0.0606. The first kappa shape index (κ1) is 26.7. The molecule has 0 N–H and O–H groups in total. The number of benzene rings is 4. The Labute approximate surface area is 246 Å². The van der Waals surface area contributed by atoms with E-state index in [4.69, 9.17) is 22.1 Å². The van der Waals surface area contributed by atoms with Crippen LogP contribution in [0.2, 0.25) is 0 Å². The molecule has 5 aromatic rings. The van der Waals surface area contributed by atoms with Crippen molar-refractivity contribution < 1.29 is 13.9 Å². The Bertz CT molecular complexity index is 1740. The number of rotatable bonds is 8. The van der Waals surface area contributed by atoms with Gasteiger partial charge in [0.1, 0.15) is 28.2 Å². The molecule has 1 fully saturated rings. The molecule has 0 spiro atoms. The van der Waals surface area contributed by atoms with Crippen molar-refractivity contribution in [2.45, 2.75) is 13.2 Å². The molecular formula is C33H24FN3O2S2. The molecule has 0 atom stereocenters. The Morgan fingerprint density at radius 2 is 1.61 bits per heavy atom. The monoisotopic (exact) mass is 577 g/mol. The highest BCUT2D eigenvalue weighted by Crippen LogP contribution is 2.36. The van der Waals surface area contributed by atoms with Crippen LogP contribution in [0.15, 0.2) is 120 Å². The quantitative estimate of drug-likeness (QED) is 0.140. The molecule has 0 saturated carbocycles. The highest BCUT2D eigenvalue weighted by molar-refractivity contribution is 8.26. The lowest BCUT2D eigenvalue weighted by atomic mass is 10.1. The van der Waals surface area contributed by atoms with E-state index < -0.39 is 0 Å². The average Bonchev–Trinajstić information content (AvgIpc) is 3.54. The molecule has 0 unspecified atom stereocenters. The normalized spacial score (nSPS) is 14.2. The molecule has 1 amide bonds. The maximum Gasteiger partial charge on any atom is 0.266 e. The Kier molecular flexibility index (Phi) is 7.75. The van der Waals surface area contributed by atoms with E-state index in [2.05, 4.69) is 0 Å². The molecule has 41 heavy (non-hydrogen) atoms. The van der Waals surface area contributed by atoms with E-state index in [0.717, 1.165) is 27.9 Å². The zero-order valence-electron chi connectivity index (χ0n) is 21.8. The summed E-state index contributed by atoms with van der Waals surface area (Å²) in [5.74, 6) is 0.245. The summed E-state index contributed by atoms with van der Waals surface area (Å²) in [6.07, 6.45) is 3.78. The van der Waals surface area contributed by atoms with Crippen molar-refractivity contribution in [3.8, 4) is 22.7 Å². The van der Waals surface area contributed by atoms with Gasteiger partial charge in [0, 0.05) is 17.3 Å². The lowest BCUT2D eigenvalue weighted by Crippen LogP contribution is -2.27. The number of hydrogen-bond donors (Lipinski definition) is 0. The second kappa shape index (κ2) is 11.9. The summed E-state index contributed by atoms with van der Waals surface area (Å²) in [5, 5.41) is 4.90. The smallest absolute Gasteiger partial charge is 0.266 e. The van der Waals surface area contributed by atoms with Crippen molar-refractivity contribution in [3.05, 3.63) is 143 Å². The molecule has 2 heterocycles. The molecular weight excluding hydrogens is 554 g/mol. The van der Waals surface area contributed by atoms with Crippen LogP contribution in [0.25, 0.3) is 23.0 Å². The van der Waals surface area contributed by atoms with E-state index in [0.29, 0.717) is 33.8 Å². The number of thiocarbonyl (C=S) groups is 1. The number of thioether (sulfide) groups is 1. The minimum absolute atomic E-state index is 0.126. The van der Waals surface area contributed by atoms with Gasteiger partial charge in [-0.2, -0.15) is 5.10 Å². The third-order valence-electron chi connectivity index (χ3n) is 6.53. The van der Waals surface area contributed by atoms with Crippen LogP contribution >= 0.6 is 24.0 Å². The standard InChI is InChI=1S/C33H24FN3O2S2/c34-27-16-14-24(15-17-27)22-39-29-13-7-10-25(18-29)31-26(21-37(35-31)28-11-5-2-6-12-28)19-30-32(38)36(33(40)41-30)20-23-8-3-1-4-9-23/h1-19,21H,20,22H2. The molecule has 8 heteroatoms. The first-order chi connectivity index (χ1) is 20.0. The van der Waals surface area contributed by atoms with E-state index in [1.807, 2.05) is 97.2 Å². The van der Waals surface area contributed by atoms with Crippen molar-refractivity contribution in [2.24, 2.45) is 0 Å². The van der Waals surface area contributed by atoms with Gasteiger partial charge < -0.3 is 4.74 Å². The second-order valence-electron chi connectivity index (χ2n) is 9.41. The van der Waals surface area contributed by atoms with Gasteiger partial charge in [0.05, 0.1) is 17.1 Å².